The van der Waals surface area contributed by atoms with E-state index < -0.39 is 19.1 Å². The molecule has 2 aromatic heterocycles. The molecule has 7 aromatic carbocycles. The van der Waals surface area contributed by atoms with Crippen LogP contribution in [-0.4, -0.2) is 19.6 Å². The summed E-state index contributed by atoms with van der Waals surface area (Å²) in [5.74, 6) is 0.405. The molecule has 5 heteroatoms. The number of aromatic hydroxyl groups is 1. The van der Waals surface area contributed by atoms with Crippen molar-refractivity contribution in [2.75, 3.05) is 0 Å². The minimum absolute atomic E-state index is 0. The van der Waals surface area contributed by atoms with Gasteiger partial charge in [0.1, 0.15) is 11.6 Å². The molecule has 0 saturated carbocycles. The second kappa shape index (κ2) is 17.3. The second-order valence-electron chi connectivity index (χ2n) is 18.5. The molecule has 0 unspecified atom stereocenters. The van der Waals surface area contributed by atoms with E-state index in [0.717, 1.165) is 55.8 Å². The number of nitrogens with zero attached hydrogens (tertiary/aromatic N) is 3. The van der Waals surface area contributed by atoms with Gasteiger partial charge in [-0.05, 0) is 106 Å². The largest absolute Gasteiger partial charge is 0.507 e. The van der Waals surface area contributed by atoms with Gasteiger partial charge < -0.3 is 5.11 Å². The molecule has 64 heavy (non-hydrogen) atoms. The van der Waals surface area contributed by atoms with Crippen LogP contribution in [0.4, 0.5) is 0 Å². The summed E-state index contributed by atoms with van der Waals surface area (Å²) in [7, 11) is 0. The fourth-order valence-electron chi connectivity index (χ4n) is 8.32. The number of pyridine rings is 1. The van der Waals surface area contributed by atoms with Crippen molar-refractivity contribution in [3.05, 3.63) is 192 Å². The van der Waals surface area contributed by atoms with Gasteiger partial charge in [0.25, 0.3) is 0 Å². The van der Waals surface area contributed by atoms with E-state index in [-0.39, 0.29) is 48.9 Å². The minimum Gasteiger partial charge on any atom is -0.507 e. The van der Waals surface area contributed by atoms with Crippen LogP contribution in [0.2, 0.25) is 0 Å². The summed E-state index contributed by atoms with van der Waals surface area (Å²) in [6.45, 7) is 9.02. The average Bonchev–Trinajstić information content (AvgIpc) is 3.70. The van der Waals surface area contributed by atoms with Gasteiger partial charge >= 0.3 is 0 Å². The molecule has 1 N–H and O–H groups in total. The summed E-state index contributed by atoms with van der Waals surface area (Å²) < 4.78 is 54.3. The van der Waals surface area contributed by atoms with Crippen LogP contribution in [0.1, 0.15) is 77.6 Å². The third kappa shape index (κ3) is 8.52. The van der Waals surface area contributed by atoms with Gasteiger partial charge in [-0.2, -0.15) is 0 Å². The number of rotatable bonds is 7. The molecule has 0 atom stereocenters. The van der Waals surface area contributed by atoms with Crippen molar-refractivity contribution < 1.29 is 34.4 Å². The summed E-state index contributed by atoms with van der Waals surface area (Å²) >= 11 is 0. The first-order chi connectivity index (χ1) is 32.6. The molecule has 0 bridgehead atoms. The van der Waals surface area contributed by atoms with Crippen LogP contribution in [0.15, 0.2) is 158 Å². The standard InChI is InChI=1S/C59H54N3O.Pt/c1-37-23-25-41(26-24-37)43-27-28-60-53(33-43)46-31-44(40-17-12-10-13-18-40)30-45(32-46)49-21-16-22-54-55(49)61-57(51-34-47(58(4,5)6)35-52(56(51)63)59(7,8)9)62(54)48-29-38(2)39(3)50(36-48)42-19-14-11-15-20-42;/h10-31,33-36,63H,1-9H3;/q-1;/i2D3,3D3;. The predicted molar refractivity (Wildman–Crippen MR) is 264 cm³/mol. The van der Waals surface area contributed by atoms with Crippen molar-refractivity contribution in [3.63, 3.8) is 0 Å². The van der Waals surface area contributed by atoms with Crippen molar-refractivity contribution >= 4 is 11.0 Å². The SMILES string of the molecule is [2H]C([2H])([2H])c1cc(-n2c(-c3cc(C(C)(C)C)cc(C(C)(C)C)c3O)nc3c(-c4[c-]c(-c5cc(-c6ccc(C)cc6)ccn5)cc(-c5ccccc5)c4)cccc32)cc(-c2ccccc2)c1C([2H])([2H])[2H].[Pt]. The molecule has 0 aliphatic heterocycles. The summed E-state index contributed by atoms with van der Waals surface area (Å²) in [6, 6.07) is 52.7. The zero-order valence-electron chi connectivity index (χ0n) is 43.1. The summed E-state index contributed by atoms with van der Waals surface area (Å²) in [4.78, 5) is 10.4. The van der Waals surface area contributed by atoms with Crippen molar-refractivity contribution in [1.82, 2.24) is 14.5 Å². The van der Waals surface area contributed by atoms with Gasteiger partial charge in [-0.3, -0.25) is 9.55 Å². The van der Waals surface area contributed by atoms with Crippen molar-refractivity contribution in [2.24, 2.45) is 0 Å². The number of fused-ring (bicyclic) bond motifs is 1. The third-order valence-corrected chi connectivity index (χ3v) is 11.9. The average molecular weight is 1020 g/mol. The van der Waals surface area contributed by atoms with Crippen LogP contribution in [0.25, 0.3) is 83.9 Å². The zero-order chi connectivity index (χ0) is 49.2. The molecule has 0 amide bonds. The maximum atomic E-state index is 12.5. The van der Waals surface area contributed by atoms with Crippen LogP contribution in [-0.2, 0) is 31.9 Å². The van der Waals surface area contributed by atoms with E-state index in [1.165, 1.54) is 11.6 Å². The van der Waals surface area contributed by atoms with E-state index in [1.807, 2.05) is 65.4 Å². The Morgan fingerprint density at radius 1 is 0.594 bits per heavy atom. The Morgan fingerprint density at radius 3 is 1.95 bits per heavy atom. The number of aromatic nitrogens is 3. The molecule has 0 radical (unpaired) electrons. The normalized spacial score (nSPS) is 13.5. The van der Waals surface area contributed by atoms with Gasteiger partial charge in [-0.25, -0.2) is 4.98 Å². The van der Waals surface area contributed by atoms with Gasteiger partial charge in [-0.15, -0.1) is 23.8 Å². The molecular weight excluding hydrogens is 962 g/mol. The Bertz CT molecular complexity index is 3380. The number of hydrogen-bond acceptors (Lipinski definition) is 3. The van der Waals surface area contributed by atoms with Gasteiger partial charge in [0.15, 0.2) is 0 Å². The Hall–Kier alpha value is -6.35. The fourth-order valence-corrected chi connectivity index (χ4v) is 8.32. The predicted octanol–water partition coefficient (Wildman–Crippen LogP) is 15.4. The monoisotopic (exact) mass is 1020 g/mol. The molecule has 0 spiro atoms. The number of benzene rings is 7. The van der Waals surface area contributed by atoms with Crippen LogP contribution < -0.4 is 0 Å². The van der Waals surface area contributed by atoms with Crippen LogP contribution >= 0.6 is 0 Å². The van der Waals surface area contributed by atoms with Crippen molar-refractivity contribution in [3.8, 4) is 78.6 Å². The Labute approximate surface area is 401 Å². The number of phenolic OH excluding ortho intramolecular Hbond substituents is 1. The Balaban J connectivity index is 0.00000659. The fraction of sp³-hybridized carbons (Fsp3) is 0.186. The summed E-state index contributed by atoms with van der Waals surface area (Å²) in [5.41, 5.74) is 11.4. The number of hydrogen-bond donors (Lipinski definition) is 1. The zero-order valence-corrected chi connectivity index (χ0v) is 39.4. The Morgan fingerprint density at radius 2 is 1.28 bits per heavy atom. The number of aryl methyl sites for hydroxylation is 2. The van der Waals surface area contributed by atoms with Crippen molar-refractivity contribution in [1.29, 1.82) is 0 Å². The van der Waals surface area contributed by atoms with Gasteiger partial charge in [0, 0.05) is 52.4 Å². The molecule has 4 nitrogen and oxygen atoms in total. The van der Waals surface area contributed by atoms with Crippen LogP contribution in [0.3, 0.4) is 0 Å². The maximum absolute atomic E-state index is 12.5. The van der Waals surface area contributed by atoms with Gasteiger partial charge in [-0.1, -0.05) is 173 Å². The first-order valence-electron chi connectivity index (χ1n) is 24.4. The topological polar surface area (TPSA) is 50.9 Å². The third-order valence-electron chi connectivity index (χ3n) is 11.9. The smallest absolute Gasteiger partial charge is 0.148 e. The van der Waals surface area contributed by atoms with Gasteiger partial charge in [0.2, 0.25) is 0 Å². The van der Waals surface area contributed by atoms with Crippen molar-refractivity contribution in [2.45, 2.75) is 73.0 Å². The van der Waals surface area contributed by atoms with Gasteiger partial charge in [0.05, 0.1) is 16.6 Å². The summed E-state index contributed by atoms with van der Waals surface area (Å²) in [5, 5.41) is 12.5. The van der Waals surface area contributed by atoms with E-state index in [1.54, 1.807) is 30.3 Å². The molecule has 0 fully saturated rings. The molecule has 322 valence electrons. The van der Waals surface area contributed by atoms with E-state index in [4.69, 9.17) is 18.2 Å². The quantitative estimate of drug-likeness (QED) is 0.162. The maximum Gasteiger partial charge on any atom is 0.148 e. The molecule has 0 aliphatic carbocycles. The molecular formula is C59H54N3OPt-. The molecule has 0 aliphatic rings. The second-order valence-corrected chi connectivity index (χ2v) is 18.5. The summed E-state index contributed by atoms with van der Waals surface area (Å²) in [6.07, 6.45) is 1.82. The number of phenols is 1. The van der Waals surface area contributed by atoms with E-state index >= 15 is 0 Å². The van der Waals surface area contributed by atoms with E-state index in [2.05, 4.69) is 115 Å². The first kappa shape index (κ1) is 37.1. The Kier molecular flexibility index (Phi) is 10.0. The number of para-hydroxylation sites is 1. The molecule has 9 aromatic rings. The van der Waals surface area contributed by atoms with E-state index in [0.29, 0.717) is 33.7 Å². The van der Waals surface area contributed by atoms with Crippen LogP contribution in [0.5, 0.6) is 5.75 Å². The first-order valence-corrected chi connectivity index (χ1v) is 21.4. The molecule has 9 rings (SSSR count). The van der Waals surface area contributed by atoms with E-state index in [9.17, 15) is 5.11 Å². The molecule has 2 heterocycles. The number of imidazole rings is 1. The molecule has 0 saturated heterocycles. The van der Waals surface area contributed by atoms with Crippen LogP contribution in [0, 0.1) is 26.7 Å². The minimum atomic E-state index is -2.81.